The molecule has 0 saturated heterocycles. The molecule has 1 heterocycles. The van der Waals surface area contributed by atoms with E-state index >= 15 is 0 Å². The number of nitrogens with one attached hydrogen (secondary N) is 2. The van der Waals surface area contributed by atoms with Crippen LogP contribution >= 0.6 is 0 Å². The maximum atomic E-state index is 11.8. The van der Waals surface area contributed by atoms with Crippen molar-refractivity contribution in [1.29, 1.82) is 0 Å². The first-order valence-electron chi connectivity index (χ1n) is 9.30. The molecule has 4 N–H and O–H groups in total. The number of pyridine rings is 1. The summed E-state index contributed by atoms with van der Waals surface area (Å²) in [6.07, 6.45) is 4.92. The normalized spacial score (nSPS) is 20.3. The van der Waals surface area contributed by atoms with Crippen molar-refractivity contribution in [2.75, 3.05) is 24.7 Å². The lowest BCUT2D eigenvalue weighted by Crippen LogP contribution is -2.41. The average Bonchev–Trinajstić information content (AvgIpc) is 2.56. The van der Waals surface area contributed by atoms with Crippen molar-refractivity contribution in [3.05, 3.63) is 12.1 Å². The smallest absolute Gasteiger partial charge is 0.407 e. The number of carbonyl (C=O) groups is 1. The topological polar surface area (TPSA) is 98.5 Å². The van der Waals surface area contributed by atoms with Gasteiger partial charge in [0, 0.05) is 18.7 Å². The summed E-state index contributed by atoms with van der Waals surface area (Å²) in [5.41, 5.74) is 6.10. The Morgan fingerprint density at radius 2 is 1.96 bits per heavy atom. The highest BCUT2D eigenvalue weighted by atomic mass is 16.6. The van der Waals surface area contributed by atoms with Gasteiger partial charge in [0.25, 0.3) is 0 Å². The molecule has 0 atom stereocenters. The third-order valence-corrected chi connectivity index (χ3v) is 4.52. The number of methoxy groups -OCH3 is 1. The molecule has 0 aliphatic heterocycles. The fourth-order valence-electron chi connectivity index (χ4n) is 3.17. The number of anilines is 2. The van der Waals surface area contributed by atoms with Gasteiger partial charge in [-0.05, 0) is 64.9 Å². The van der Waals surface area contributed by atoms with Crippen molar-refractivity contribution in [2.45, 2.75) is 64.5 Å². The van der Waals surface area contributed by atoms with Gasteiger partial charge < -0.3 is 25.8 Å². The molecule has 1 aliphatic carbocycles. The zero-order chi connectivity index (χ0) is 19.2. The summed E-state index contributed by atoms with van der Waals surface area (Å²) in [6.45, 7) is 6.44. The van der Waals surface area contributed by atoms with Gasteiger partial charge in [-0.15, -0.1) is 0 Å². The van der Waals surface area contributed by atoms with Gasteiger partial charge in [0.1, 0.15) is 5.60 Å². The second kappa shape index (κ2) is 8.96. The monoisotopic (exact) mass is 364 g/mol. The van der Waals surface area contributed by atoms with Gasteiger partial charge in [0.05, 0.1) is 12.8 Å². The van der Waals surface area contributed by atoms with Crippen LogP contribution in [0.3, 0.4) is 0 Å². The summed E-state index contributed by atoms with van der Waals surface area (Å²) in [4.78, 5) is 16.2. The van der Waals surface area contributed by atoms with Crippen LogP contribution in [0, 0.1) is 5.92 Å². The van der Waals surface area contributed by atoms with Gasteiger partial charge in [-0.25, -0.2) is 4.79 Å². The zero-order valence-electron chi connectivity index (χ0n) is 16.3. The Hall–Kier alpha value is -2.18. The molecule has 7 nitrogen and oxygen atoms in total. The molecule has 0 spiro atoms. The summed E-state index contributed by atoms with van der Waals surface area (Å²) >= 11 is 0. The number of nitrogen functional groups attached to an aromatic ring is 1. The number of rotatable bonds is 6. The maximum absolute atomic E-state index is 11.8. The average molecular weight is 364 g/mol. The lowest BCUT2D eigenvalue weighted by molar-refractivity contribution is 0.0487. The lowest BCUT2D eigenvalue weighted by Gasteiger charge is -2.30. The van der Waals surface area contributed by atoms with Crippen LogP contribution in [0.25, 0.3) is 0 Å². The predicted molar refractivity (Wildman–Crippen MR) is 103 cm³/mol. The van der Waals surface area contributed by atoms with E-state index in [0.29, 0.717) is 23.3 Å². The Balaban J connectivity index is 1.68. The molecule has 1 aromatic heterocycles. The van der Waals surface area contributed by atoms with E-state index in [2.05, 4.69) is 15.6 Å². The summed E-state index contributed by atoms with van der Waals surface area (Å²) < 4.78 is 10.5. The van der Waals surface area contributed by atoms with Gasteiger partial charge in [-0.3, -0.25) is 0 Å². The molecule has 1 aromatic rings. The van der Waals surface area contributed by atoms with E-state index in [0.717, 1.165) is 38.6 Å². The molecule has 1 amide bonds. The Kier molecular flexibility index (Phi) is 6.94. The molecule has 1 aliphatic rings. The third-order valence-electron chi connectivity index (χ3n) is 4.52. The minimum Gasteiger partial charge on any atom is -0.481 e. The number of nitrogens with zero attached hydrogens (tertiary/aromatic N) is 1. The van der Waals surface area contributed by atoms with Crippen LogP contribution in [0.15, 0.2) is 12.1 Å². The summed E-state index contributed by atoms with van der Waals surface area (Å²) in [5.74, 6) is 1.87. The standard InChI is InChI=1S/C19H32N4O3/c1-19(2,3)26-18(24)22-14-7-5-13(6-8-14)11-12-21-17-15(20)9-10-16(23-17)25-4/h9-10,13-14H,5-8,11-12,20H2,1-4H3,(H,21,23)(H,22,24). The lowest BCUT2D eigenvalue weighted by atomic mass is 9.84. The van der Waals surface area contributed by atoms with Gasteiger partial charge in [-0.1, -0.05) is 0 Å². The number of hydrogen-bond acceptors (Lipinski definition) is 6. The minimum absolute atomic E-state index is 0.213. The zero-order valence-corrected chi connectivity index (χ0v) is 16.3. The maximum Gasteiger partial charge on any atom is 0.407 e. The van der Waals surface area contributed by atoms with Crippen LogP contribution in [0.1, 0.15) is 52.9 Å². The minimum atomic E-state index is -0.455. The predicted octanol–water partition coefficient (Wildman–Crippen LogP) is 3.56. The van der Waals surface area contributed by atoms with Crippen LogP contribution in [-0.4, -0.2) is 36.4 Å². The molecule has 1 saturated carbocycles. The third kappa shape index (κ3) is 6.61. The van der Waals surface area contributed by atoms with Crippen molar-refractivity contribution < 1.29 is 14.3 Å². The SMILES string of the molecule is COc1ccc(N)c(NCCC2CCC(NC(=O)OC(C)(C)C)CC2)n1. The van der Waals surface area contributed by atoms with Gasteiger partial charge >= 0.3 is 6.09 Å². The van der Waals surface area contributed by atoms with E-state index in [1.807, 2.05) is 20.8 Å². The Morgan fingerprint density at radius 3 is 2.58 bits per heavy atom. The first-order valence-corrected chi connectivity index (χ1v) is 9.30. The van der Waals surface area contributed by atoms with Gasteiger partial charge in [-0.2, -0.15) is 4.98 Å². The number of aromatic nitrogens is 1. The highest BCUT2D eigenvalue weighted by molar-refractivity contribution is 5.68. The highest BCUT2D eigenvalue weighted by Gasteiger charge is 2.24. The largest absolute Gasteiger partial charge is 0.481 e. The number of alkyl carbamates (subject to hydrolysis) is 1. The molecule has 7 heteroatoms. The van der Waals surface area contributed by atoms with Crippen LogP contribution in [-0.2, 0) is 4.74 Å². The van der Waals surface area contributed by atoms with Crippen LogP contribution in [0.5, 0.6) is 5.88 Å². The number of carbonyl (C=O) groups excluding carboxylic acids is 1. The van der Waals surface area contributed by atoms with E-state index in [4.69, 9.17) is 15.2 Å². The van der Waals surface area contributed by atoms with Crippen molar-refractivity contribution >= 4 is 17.6 Å². The van der Waals surface area contributed by atoms with Crippen molar-refractivity contribution in [1.82, 2.24) is 10.3 Å². The van der Waals surface area contributed by atoms with Crippen molar-refractivity contribution in [3.63, 3.8) is 0 Å². The number of ether oxygens (including phenoxy) is 2. The first kappa shape index (κ1) is 20.1. The van der Waals surface area contributed by atoms with Crippen molar-refractivity contribution in [2.24, 2.45) is 5.92 Å². The molecule has 2 rings (SSSR count). The Labute approximate surface area is 156 Å². The molecule has 0 aromatic carbocycles. The molecule has 1 fully saturated rings. The highest BCUT2D eigenvalue weighted by Crippen LogP contribution is 2.27. The van der Waals surface area contributed by atoms with Crippen molar-refractivity contribution in [3.8, 4) is 5.88 Å². The molecule has 146 valence electrons. The van der Waals surface area contributed by atoms with E-state index in [9.17, 15) is 4.79 Å². The molecular formula is C19H32N4O3. The fourth-order valence-corrected chi connectivity index (χ4v) is 3.17. The van der Waals surface area contributed by atoms with E-state index in [1.54, 1.807) is 19.2 Å². The number of amides is 1. The Morgan fingerprint density at radius 1 is 1.27 bits per heavy atom. The van der Waals surface area contributed by atoms with E-state index in [1.165, 1.54) is 0 Å². The molecule has 0 unspecified atom stereocenters. The second-order valence-electron chi connectivity index (χ2n) is 7.87. The van der Waals surface area contributed by atoms with E-state index < -0.39 is 5.60 Å². The summed E-state index contributed by atoms with van der Waals surface area (Å²) in [5, 5.41) is 6.28. The first-order chi connectivity index (χ1) is 12.3. The summed E-state index contributed by atoms with van der Waals surface area (Å²) in [6, 6.07) is 3.76. The van der Waals surface area contributed by atoms with Crippen LogP contribution in [0.4, 0.5) is 16.3 Å². The fraction of sp³-hybridized carbons (Fsp3) is 0.684. The molecular weight excluding hydrogens is 332 g/mol. The molecule has 0 radical (unpaired) electrons. The quantitative estimate of drug-likeness (QED) is 0.714. The molecule has 26 heavy (non-hydrogen) atoms. The second-order valence-corrected chi connectivity index (χ2v) is 7.87. The van der Waals surface area contributed by atoms with E-state index in [-0.39, 0.29) is 12.1 Å². The van der Waals surface area contributed by atoms with Crippen LogP contribution < -0.4 is 21.1 Å². The van der Waals surface area contributed by atoms with Gasteiger partial charge in [0.15, 0.2) is 5.82 Å². The van der Waals surface area contributed by atoms with Crippen LogP contribution in [0.2, 0.25) is 0 Å². The molecule has 0 bridgehead atoms. The summed E-state index contributed by atoms with van der Waals surface area (Å²) in [7, 11) is 1.59. The number of nitrogens with two attached hydrogens (primary N) is 1. The Bertz CT molecular complexity index is 593. The number of hydrogen-bond donors (Lipinski definition) is 3. The van der Waals surface area contributed by atoms with Gasteiger partial charge in [0.2, 0.25) is 5.88 Å².